The number of nitrogens with zero attached hydrogens (tertiary/aromatic N) is 3. The fraction of sp³-hybridized carbons (Fsp3) is 0.708. The van der Waals surface area contributed by atoms with Crippen LogP contribution in [-0.4, -0.2) is 91.9 Å². The van der Waals surface area contributed by atoms with Crippen LogP contribution in [0.4, 0.5) is 0 Å². The zero-order chi connectivity index (χ0) is 23.6. The maximum Gasteiger partial charge on any atom is 0.247 e. The molecule has 0 bridgehead atoms. The SMILES string of the molecule is CC(C)[C@H](CO)N1C(=O)[C@@H]2[C@H]3C(=O)N(C)CC=C[C@H]3S[C@@]23C=CCN(C(C)(C)C)C(=O)C13. The molecule has 32 heavy (non-hydrogen) atoms. The number of hydrogen-bond acceptors (Lipinski definition) is 5. The number of carbonyl (C=O) groups excluding carboxylic acids is 3. The lowest BCUT2D eigenvalue weighted by Gasteiger charge is -2.43. The van der Waals surface area contributed by atoms with Crippen molar-refractivity contribution in [3.8, 4) is 0 Å². The summed E-state index contributed by atoms with van der Waals surface area (Å²) >= 11 is 1.58. The minimum absolute atomic E-state index is 0.0313. The van der Waals surface area contributed by atoms with E-state index >= 15 is 0 Å². The van der Waals surface area contributed by atoms with Crippen LogP contribution in [0.5, 0.6) is 0 Å². The summed E-state index contributed by atoms with van der Waals surface area (Å²) in [5.41, 5.74) is -0.421. The van der Waals surface area contributed by atoms with Gasteiger partial charge in [0.1, 0.15) is 6.04 Å². The molecule has 1 N–H and O–H groups in total. The zero-order valence-electron chi connectivity index (χ0n) is 19.8. The van der Waals surface area contributed by atoms with Gasteiger partial charge in [0.05, 0.1) is 29.2 Å². The van der Waals surface area contributed by atoms with Crippen LogP contribution in [0.3, 0.4) is 0 Å². The maximum absolute atomic E-state index is 14.1. The van der Waals surface area contributed by atoms with Gasteiger partial charge >= 0.3 is 0 Å². The molecule has 0 saturated carbocycles. The van der Waals surface area contributed by atoms with Crippen LogP contribution in [0.15, 0.2) is 24.3 Å². The van der Waals surface area contributed by atoms with Gasteiger partial charge in [-0.1, -0.05) is 38.2 Å². The average Bonchev–Trinajstić information content (AvgIpc) is 3.01. The number of likely N-dealkylation sites (tertiary alicyclic amines) is 1. The molecule has 0 aromatic rings. The molecule has 2 fully saturated rings. The lowest BCUT2D eigenvalue weighted by molar-refractivity contribution is -0.149. The summed E-state index contributed by atoms with van der Waals surface area (Å²) < 4.78 is -0.829. The van der Waals surface area contributed by atoms with Gasteiger partial charge in [-0.15, -0.1) is 11.8 Å². The van der Waals surface area contributed by atoms with Gasteiger partial charge in [-0.25, -0.2) is 0 Å². The molecule has 1 unspecified atom stereocenters. The molecule has 1 spiro atoms. The predicted octanol–water partition coefficient (Wildman–Crippen LogP) is 1.53. The highest BCUT2D eigenvalue weighted by molar-refractivity contribution is 8.02. The van der Waals surface area contributed by atoms with E-state index in [4.69, 9.17) is 0 Å². The second-order valence-electron chi connectivity index (χ2n) is 10.8. The van der Waals surface area contributed by atoms with E-state index in [1.165, 1.54) is 0 Å². The lowest BCUT2D eigenvalue weighted by atomic mass is 9.78. The first-order valence-electron chi connectivity index (χ1n) is 11.5. The standard InChI is InChI=1S/C24H35N3O4S/c1-14(2)15(13-28)27-19-22(31)26(23(3,4)5)12-8-10-24(19)18(21(27)30)17-16(32-24)9-7-11-25(6)20(17)29/h7-10,14-19,28H,11-13H2,1-6H3/t15-,16+,17-,18-,19?,24-/m0/s1. The van der Waals surface area contributed by atoms with Crippen LogP contribution >= 0.6 is 11.8 Å². The topological polar surface area (TPSA) is 81.2 Å². The van der Waals surface area contributed by atoms with Gasteiger partial charge in [0.2, 0.25) is 17.7 Å². The minimum Gasteiger partial charge on any atom is -0.394 e. The van der Waals surface area contributed by atoms with Crippen molar-refractivity contribution in [1.29, 1.82) is 0 Å². The van der Waals surface area contributed by atoms with Crippen molar-refractivity contribution >= 4 is 29.5 Å². The number of fused-ring (bicyclic) bond motifs is 2. The normalized spacial score (nSPS) is 35.8. The number of rotatable bonds is 3. The number of aliphatic hydroxyl groups excluding tert-OH is 1. The van der Waals surface area contributed by atoms with Crippen LogP contribution < -0.4 is 0 Å². The third-order valence-corrected chi connectivity index (χ3v) is 9.17. The van der Waals surface area contributed by atoms with E-state index < -0.39 is 34.2 Å². The van der Waals surface area contributed by atoms with Gasteiger partial charge in [-0.05, 0) is 26.7 Å². The molecule has 3 amide bonds. The molecule has 0 radical (unpaired) electrons. The van der Waals surface area contributed by atoms with Gasteiger partial charge in [-0.2, -0.15) is 0 Å². The monoisotopic (exact) mass is 461 g/mol. The molecule has 8 heteroatoms. The van der Waals surface area contributed by atoms with Crippen molar-refractivity contribution in [3.05, 3.63) is 24.3 Å². The van der Waals surface area contributed by atoms with Crippen molar-refractivity contribution < 1.29 is 19.5 Å². The number of hydrogen-bond donors (Lipinski definition) is 1. The number of likely N-dealkylation sites (N-methyl/N-ethyl adjacent to an activating group) is 1. The maximum atomic E-state index is 14.1. The molecular formula is C24H35N3O4S. The van der Waals surface area contributed by atoms with E-state index in [0.717, 1.165) is 0 Å². The Labute approximate surface area is 194 Å². The molecule has 4 heterocycles. The molecule has 4 rings (SSSR count). The smallest absolute Gasteiger partial charge is 0.247 e. The highest BCUT2D eigenvalue weighted by Gasteiger charge is 2.72. The second kappa shape index (κ2) is 7.90. The van der Waals surface area contributed by atoms with Gasteiger partial charge in [-0.3, -0.25) is 14.4 Å². The van der Waals surface area contributed by atoms with Gasteiger partial charge < -0.3 is 19.8 Å². The molecular weight excluding hydrogens is 426 g/mol. The Morgan fingerprint density at radius 2 is 1.81 bits per heavy atom. The third kappa shape index (κ3) is 3.24. The summed E-state index contributed by atoms with van der Waals surface area (Å²) in [5.74, 6) is -1.52. The summed E-state index contributed by atoms with van der Waals surface area (Å²) in [4.78, 5) is 46.7. The summed E-state index contributed by atoms with van der Waals surface area (Å²) in [6.07, 6.45) is 8.04. The van der Waals surface area contributed by atoms with Crippen LogP contribution in [0.25, 0.3) is 0 Å². The van der Waals surface area contributed by atoms with Crippen molar-refractivity contribution in [2.24, 2.45) is 17.8 Å². The molecule has 4 aliphatic rings. The van der Waals surface area contributed by atoms with E-state index in [0.29, 0.717) is 13.1 Å². The van der Waals surface area contributed by atoms with Gasteiger partial charge in [0, 0.05) is 30.9 Å². The van der Waals surface area contributed by atoms with E-state index in [2.05, 4.69) is 0 Å². The number of aliphatic hydroxyl groups is 1. The van der Waals surface area contributed by atoms with Gasteiger partial charge in [0.15, 0.2) is 0 Å². The first-order valence-corrected chi connectivity index (χ1v) is 12.4. The van der Waals surface area contributed by atoms with Crippen LogP contribution in [-0.2, 0) is 14.4 Å². The van der Waals surface area contributed by atoms with Crippen molar-refractivity contribution in [1.82, 2.24) is 14.7 Å². The molecule has 6 atom stereocenters. The number of carbonyl (C=O) groups is 3. The van der Waals surface area contributed by atoms with Gasteiger partial charge in [0.25, 0.3) is 0 Å². The van der Waals surface area contributed by atoms with E-state index in [-0.39, 0.29) is 35.5 Å². The van der Waals surface area contributed by atoms with E-state index in [1.54, 1.807) is 28.6 Å². The summed E-state index contributed by atoms with van der Waals surface area (Å²) in [7, 11) is 1.76. The van der Waals surface area contributed by atoms with Crippen LogP contribution in [0.1, 0.15) is 34.6 Å². The molecule has 0 aliphatic carbocycles. The fourth-order valence-corrected chi connectivity index (χ4v) is 7.78. The minimum atomic E-state index is -0.829. The number of amides is 3. The Hall–Kier alpha value is -1.80. The Morgan fingerprint density at radius 1 is 1.12 bits per heavy atom. The van der Waals surface area contributed by atoms with E-state index in [9.17, 15) is 19.5 Å². The average molecular weight is 462 g/mol. The second-order valence-corrected chi connectivity index (χ2v) is 12.2. The highest BCUT2D eigenvalue weighted by Crippen LogP contribution is 2.61. The molecule has 4 aliphatic heterocycles. The molecule has 0 aromatic carbocycles. The molecule has 7 nitrogen and oxygen atoms in total. The Morgan fingerprint density at radius 3 is 2.41 bits per heavy atom. The summed E-state index contributed by atoms with van der Waals surface area (Å²) in [5, 5.41) is 10.1. The Balaban J connectivity index is 1.91. The summed E-state index contributed by atoms with van der Waals surface area (Å²) in [6, 6.07) is -1.23. The first kappa shape index (κ1) is 23.4. The van der Waals surface area contributed by atoms with Crippen LogP contribution in [0, 0.1) is 17.8 Å². The molecule has 176 valence electrons. The Kier molecular flexibility index (Phi) is 5.77. The summed E-state index contributed by atoms with van der Waals surface area (Å²) in [6.45, 7) is 10.7. The largest absolute Gasteiger partial charge is 0.394 e. The Bertz CT molecular complexity index is 879. The predicted molar refractivity (Wildman–Crippen MR) is 125 cm³/mol. The van der Waals surface area contributed by atoms with Crippen LogP contribution in [0.2, 0.25) is 0 Å². The quantitative estimate of drug-likeness (QED) is 0.645. The van der Waals surface area contributed by atoms with E-state index in [1.807, 2.05) is 63.8 Å². The third-order valence-electron chi connectivity index (χ3n) is 7.42. The zero-order valence-corrected chi connectivity index (χ0v) is 20.6. The first-order chi connectivity index (χ1) is 15.0. The van der Waals surface area contributed by atoms with Crippen molar-refractivity contribution in [3.63, 3.8) is 0 Å². The van der Waals surface area contributed by atoms with Crippen molar-refractivity contribution in [2.75, 3.05) is 26.7 Å². The lowest BCUT2D eigenvalue weighted by Crippen LogP contribution is -2.60. The fourth-order valence-electron chi connectivity index (χ4n) is 5.78. The molecule has 2 saturated heterocycles. The molecule has 0 aromatic heterocycles. The number of thioether (sulfide) groups is 1. The highest BCUT2D eigenvalue weighted by atomic mass is 32.2. The van der Waals surface area contributed by atoms with Crippen molar-refractivity contribution in [2.45, 2.75) is 62.2 Å².